The Morgan fingerprint density at radius 3 is 2.66 bits per heavy atom. The second-order valence-corrected chi connectivity index (χ2v) is 7.16. The van der Waals surface area contributed by atoms with Gasteiger partial charge < -0.3 is 14.4 Å². The van der Waals surface area contributed by atoms with E-state index in [-0.39, 0.29) is 6.10 Å². The second kappa shape index (κ2) is 10.0. The van der Waals surface area contributed by atoms with Crippen molar-refractivity contribution >= 4 is 11.5 Å². The zero-order valence-corrected chi connectivity index (χ0v) is 17.8. The molecule has 2 aromatic heterocycles. The number of amidine groups is 1. The number of allylic oxidation sites excluding steroid dienone is 1. The number of hydrogen-bond donors (Lipinski definition) is 0. The van der Waals surface area contributed by atoms with Crippen LogP contribution in [0, 0.1) is 13.8 Å². The SMILES string of the molecule is CC/C=C/C(=N/c1ccc(OC)nc1)N1CCC(Oc2ccnc(C)c2C)CC1. The fourth-order valence-electron chi connectivity index (χ4n) is 3.26. The highest BCUT2D eigenvalue weighted by molar-refractivity contribution is 5.94. The van der Waals surface area contributed by atoms with Crippen molar-refractivity contribution in [1.29, 1.82) is 0 Å². The lowest BCUT2D eigenvalue weighted by Gasteiger charge is -2.33. The van der Waals surface area contributed by atoms with Crippen molar-refractivity contribution in [3.05, 3.63) is 54.0 Å². The highest BCUT2D eigenvalue weighted by Crippen LogP contribution is 2.24. The molecule has 0 aromatic carbocycles. The molecule has 154 valence electrons. The van der Waals surface area contributed by atoms with Gasteiger partial charge in [0.05, 0.1) is 19.0 Å². The van der Waals surface area contributed by atoms with Crippen LogP contribution in [0.4, 0.5) is 5.69 Å². The molecule has 0 atom stereocenters. The molecule has 1 saturated heterocycles. The molecule has 1 fully saturated rings. The van der Waals surface area contributed by atoms with E-state index in [1.165, 1.54) is 0 Å². The van der Waals surface area contributed by atoms with E-state index >= 15 is 0 Å². The van der Waals surface area contributed by atoms with E-state index in [1.807, 2.05) is 31.3 Å². The molecule has 0 bridgehead atoms. The maximum Gasteiger partial charge on any atom is 0.213 e. The summed E-state index contributed by atoms with van der Waals surface area (Å²) >= 11 is 0. The summed E-state index contributed by atoms with van der Waals surface area (Å²) in [6.07, 6.45) is 10.9. The highest BCUT2D eigenvalue weighted by atomic mass is 16.5. The zero-order valence-electron chi connectivity index (χ0n) is 17.8. The molecule has 6 nitrogen and oxygen atoms in total. The molecule has 2 aromatic rings. The molecule has 0 N–H and O–H groups in total. The third-order valence-electron chi connectivity index (χ3n) is 5.14. The molecular formula is C23H30N4O2. The van der Waals surface area contributed by atoms with Gasteiger partial charge >= 0.3 is 0 Å². The smallest absolute Gasteiger partial charge is 0.213 e. The summed E-state index contributed by atoms with van der Waals surface area (Å²) in [6.45, 7) is 8.02. The van der Waals surface area contributed by atoms with E-state index in [0.29, 0.717) is 5.88 Å². The van der Waals surface area contributed by atoms with Gasteiger partial charge in [-0.2, -0.15) is 0 Å². The van der Waals surface area contributed by atoms with Crippen molar-refractivity contribution in [1.82, 2.24) is 14.9 Å². The van der Waals surface area contributed by atoms with Crippen LogP contribution >= 0.6 is 0 Å². The van der Waals surface area contributed by atoms with E-state index < -0.39 is 0 Å². The number of ether oxygens (including phenoxy) is 2. The molecule has 0 spiro atoms. The monoisotopic (exact) mass is 394 g/mol. The summed E-state index contributed by atoms with van der Waals surface area (Å²) in [7, 11) is 1.61. The van der Waals surface area contributed by atoms with Crippen LogP contribution in [0.2, 0.25) is 0 Å². The maximum absolute atomic E-state index is 6.27. The van der Waals surface area contributed by atoms with E-state index in [9.17, 15) is 0 Å². The average Bonchev–Trinajstić information content (AvgIpc) is 2.75. The molecule has 1 aliphatic rings. The molecule has 29 heavy (non-hydrogen) atoms. The van der Waals surface area contributed by atoms with Crippen molar-refractivity contribution in [2.45, 2.75) is 46.1 Å². The van der Waals surface area contributed by atoms with Crippen LogP contribution in [0.3, 0.4) is 0 Å². The second-order valence-electron chi connectivity index (χ2n) is 7.16. The minimum absolute atomic E-state index is 0.214. The first-order valence-electron chi connectivity index (χ1n) is 10.2. The van der Waals surface area contributed by atoms with Gasteiger partial charge in [-0.3, -0.25) is 4.98 Å². The molecule has 0 unspecified atom stereocenters. The predicted octanol–water partition coefficient (Wildman–Crippen LogP) is 4.64. The van der Waals surface area contributed by atoms with Gasteiger partial charge in [-0.15, -0.1) is 0 Å². The molecular weight excluding hydrogens is 364 g/mol. The first kappa shape index (κ1) is 20.8. The summed E-state index contributed by atoms with van der Waals surface area (Å²) in [4.78, 5) is 15.7. The normalized spacial score (nSPS) is 15.7. The van der Waals surface area contributed by atoms with Gasteiger partial charge in [0, 0.05) is 49.5 Å². The number of nitrogens with zero attached hydrogens (tertiary/aromatic N) is 4. The summed E-state index contributed by atoms with van der Waals surface area (Å²) in [5.74, 6) is 2.50. The van der Waals surface area contributed by atoms with Crippen LogP contribution in [-0.2, 0) is 0 Å². The third kappa shape index (κ3) is 5.56. The first-order chi connectivity index (χ1) is 14.1. The fraction of sp³-hybridized carbons (Fsp3) is 0.435. The van der Waals surface area contributed by atoms with Gasteiger partial charge in [0.1, 0.15) is 17.7 Å². The molecule has 6 heteroatoms. The van der Waals surface area contributed by atoms with Crippen LogP contribution in [0.5, 0.6) is 11.6 Å². The summed E-state index contributed by atoms with van der Waals surface area (Å²) in [5, 5.41) is 0. The van der Waals surface area contributed by atoms with Gasteiger partial charge in [0.25, 0.3) is 0 Å². The van der Waals surface area contributed by atoms with E-state index in [4.69, 9.17) is 14.5 Å². The van der Waals surface area contributed by atoms with Crippen molar-refractivity contribution in [2.24, 2.45) is 4.99 Å². The van der Waals surface area contributed by atoms with Crippen molar-refractivity contribution in [3.8, 4) is 11.6 Å². The number of likely N-dealkylation sites (tertiary alicyclic amines) is 1. The van der Waals surface area contributed by atoms with Crippen LogP contribution < -0.4 is 9.47 Å². The highest BCUT2D eigenvalue weighted by Gasteiger charge is 2.22. The lowest BCUT2D eigenvalue weighted by atomic mass is 10.1. The van der Waals surface area contributed by atoms with Gasteiger partial charge in [-0.1, -0.05) is 13.0 Å². The number of methoxy groups -OCH3 is 1. The van der Waals surface area contributed by atoms with Crippen molar-refractivity contribution in [2.75, 3.05) is 20.2 Å². The Morgan fingerprint density at radius 1 is 1.21 bits per heavy atom. The number of rotatable bonds is 6. The van der Waals surface area contributed by atoms with Crippen LogP contribution in [-0.4, -0.2) is 47.0 Å². The lowest BCUT2D eigenvalue weighted by Crippen LogP contribution is -2.41. The molecule has 3 heterocycles. The number of aliphatic imine (C=N–C) groups is 1. The summed E-state index contributed by atoms with van der Waals surface area (Å²) in [6, 6.07) is 5.72. The maximum atomic E-state index is 6.27. The standard InChI is InChI=1S/C23H30N4O2/c1-5-6-7-22(26-19-8-9-23(28-4)25-16-19)27-14-11-20(12-15-27)29-21-10-13-24-18(3)17(21)2/h6-10,13,16,20H,5,11-12,14-15H2,1-4H3/b7-6+,26-22-. The zero-order chi connectivity index (χ0) is 20.6. The van der Waals surface area contributed by atoms with E-state index in [1.54, 1.807) is 13.3 Å². The fourth-order valence-corrected chi connectivity index (χ4v) is 3.26. The van der Waals surface area contributed by atoms with Gasteiger partial charge in [-0.05, 0) is 38.5 Å². The molecule has 0 saturated carbocycles. The largest absolute Gasteiger partial charge is 0.490 e. The van der Waals surface area contributed by atoms with Crippen LogP contribution in [0.25, 0.3) is 0 Å². The third-order valence-corrected chi connectivity index (χ3v) is 5.14. The minimum Gasteiger partial charge on any atom is -0.490 e. The topological polar surface area (TPSA) is 59.8 Å². The predicted molar refractivity (Wildman–Crippen MR) is 116 cm³/mol. The lowest BCUT2D eigenvalue weighted by molar-refractivity contribution is 0.130. The van der Waals surface area contributed by atoms with Gasteiger partial charge in [-0.25, -0.2) is 9.98 Å². The number of pyridine rings is 2. The minimum atomic E-state index is 0.214. The molecule has 0 radical (unpaired) electrons. The van der Waals surface area contributed by atoms with Crippen LogP contribution in [0.1, 0.15) is 37.4 Å². The first-order valence-corrected chi connectivity index (χ1v) is 10.2. The van der Waals surface area contributed by atoms with Gasteiger partial charge in [0.2, 0.25) is 5.88 Å². The molecule has 1 aliphatic heterocycles. The summed E-state index contributed by atoms with van der Waals surface area (Å²) in [5.41, 5.74) is 2.96. The van der Waals surface area contributed by atoms with Crippen LogP contribution in [0.15, 0.2) is 47.7 Å². The van der Waals surface area contributed by atoms with E-state index in [2.05, 4.69) is 40.9 Å². The number of aromatic nitrogens is 2. The Balaban J connectivity index is 1.67. The van der Waals surface area contributed by atoms with Gasteiger partial charge in [0.15, 0.2) is 0 Å². The number of piperidine rings is 1. The Hall–Kier alpha value is -2.89. The number of aryl methyl sites for hydroxylation is 1. The van der Waals surface area contributed by atoms with Crippen molar-refractivity contribution in [3.63, 3.8) is 0 Å². The Kier molecular flexibility index (Phi) is 7.22. The Morgan fingerprint density at radius 2 is 2.00 bits per heavy atom. The molecule has 3 rings (SSSR count). The van der Waals surface area contributed by atoms with Crippen molar-refractivity contribution < 1.29 is 9.47 Å². The summed E-state index contributed by atoms with van der Waals surface area (Å²) < 4.78 is 11.4. The van der Waals surface area contributed by atoms with E-state index in [0.717, 1.165) is 60.9 Å². The average molecular weight is 395 g/mol. The number of hydrogen-bond acceptors (Lipinski definition) is 5. The Bertz CT molecular complexity index is 854. The molecule has 0 aliphatic carbocycles. The quantitative estimate of drug-likeness (QED) is 0.528. The Labute approximate surface area is 173 Å². The molecule has 0 amide bonds.